The summed E-state index contributed by atoms with van der Waals surface area (Å²) in [6, 6.07) is 11.3. The highest BCUT2D eigenvalue weighted by Crippen LogP contribution is 2.38. The minimum Gasteiger partial charge on any atom is -0.444 e. The number of carbonyl (C=O) groups excluding carboxylic acids is 2. The van der Waals surface area contributed by atoms with Gasteiger partial charge in [-0.2, -0.15) is 30.4 Å². The standard InChI is InChI=1S/C19H15BF5NO7S/c20-9-13-8-12(15(27)33-16(18(21,22)23)19(24,25)34(29,30)31)6-7-14(13)26-17(28)32-10-11-4-2-1-3-5-11/h1-8,16H,9-10H2,(H,26,28)(H,29,30,31). The molecule has 0 spiro atoms. The summed E-state index contributed by atoms with van der Waals surface area (Å²) in [7, 11) is -1.08. The Bertz CT molecular complexity index is 1140. The Balaban J connectivity index is 2.18. The van der Waals surface area contributed by atoms with E-state index in [2.05, 4.69) is 10.1 Å². The van der Waals surface area contributed by atoms with Gasteiger partial charge in [0, 0.05) is 5.69 Å². The van der Waals surface area contributed by atoms with Crippen LogP contribution in [0.3, 0.4) is 0 Å². The number of anilines is 1. The lowest BCUT2D eigenvalue weighted by atomic mass is 9.94. The third kappa shape index (κ3) is 6.66. The van der Waals surface area contributed by atoms with Gasteiger partial charge in [-0.25, -0.2) is 9.59 Å². The van der Waals surface area contributed by atoms with Crippen molar-refractivity contribution in [1.82, 2.24) is 0 Å². The zero-order valence-corrected chi connectivity index (χ0v) is 17.7. The lowest BCUT2D eigenvalue weighted by Gasteiger charge is -2.26. The van der Waals surface area contributed by atoms with Crippen molar-refractivity contribution < 1.29 is 54.0 Å². The Morgan fingerprint density at radius 3 is 2.21 bits per heavy atom. The molecule has 0 saturated carbocycles. The number of alkyl halides is 5. The monoisotopic (exact) mass is 507 g/mol. The van der Waals surface area contributed by atoms with Gasteiger partial charge in [0.15, 0.2) is 0 Å². The van der Waals surface area contributed by atoms with E-state index in [4.69, 9.17) is 17.1 Å². The van der Waals surface area contributed by atoms with Crippen molar-refractivity contribution in [1.29, 1.82) is 0 Å². The molecule has 0 heterocycles. The average molecular weight is 507 g/mol. The largest absolute Gasteiger partial charge is 0.444 e. The summed E-state index contributed by atoms with van der Waals surface area (Å²) < 4.78 is 105. The second kappa shape index (κ2) is 10.4. The van der Waals surface area contributed by atoms with Crippen LogP contribution >= 0.6 is 0 Å². The van der Waals surface area contributed by atoms with Gasteiger partial charge in [-0.05, 0) is 29.3 Å². The van der Waals surface area contributed by atoms with E-state index in [0.717, 1.165) is 18.2 Å². The normalized spacial score (nSPS) is 13.1. The first-order valence-corrected chi connectivity index (χ1v) is 10.5. The molecule has 0 bridgehead atoms. The number of hydrogen-bond donors (Lipinski definition) is 2. The quantitative estimate of drug-likeness (QED) is 0.242. The Morgan fingerprint density at radius 2 is 1.68 bits per heavy atom. The van der Waals surface area contributed by atoms with Crippen LogP contribution in [0.25, 0.3) is 0 Å². The SMILES string of the molecule is [B]Cc1cc(C(=O)OC(C(F)(F)F)C(F)(F)S(=O)(=O)O)ccc1NC(=O)OCc1ccccc1. The fraction of sp³-hybridized carbons (Fsp3) is 0.263. The first-order chi connectivity index (χ1) is 15.7. The molecule has 0 aliphatic carbocycles. The van der Waals surface area contributed by atoms with Crippen LogP contribution in [-0.4, -0.2) is 50.4 Å². The molecule has 0 saturated heterocycles. The topological polar surface area (TPSA) is 119 Å². The van der Waals surface area contributed by atoms with Gasteiger partial charge in [0.2, 0.25) is 0 Å². The molecule has 0 fully saturated rings. The van der Waals surface area contributed by atoms with Crippen molar-refractivity contribution in [2.75, 3.05) is 5.32 Å². The number of halogens is 5. The van der Waals surface area contributed by atoms with E-state index >= 15 is 0 Å². The summed E-state index contributed by atoms with van der Waals surface area (Å²) >= 11 is 0. The van der Waals surface area contributed by atoms with Gasteiger partial charge < -0.3 is 9.47 Å². The van der Waals surface area contributed by atoms with Crippen LogP contribution in [0.1, 0.15) is 21.5 Å². The minimum absolute atomic E-state index is 0.00671. The molecule has 0 aliphatic heterocycles. The zero-order valence-electron chi connectivity index (χ0n) is 16.9. The molecule has 182 valence electrons. The predicted octanol–water partition coefficient (Wildman–Crippen LogP) is 3.67. The van der Waals surface area contributed by atoms with Crippen molar-refractivity contribution in [3.63, 3.8) is 0 Å². The predicted molar refractivity (Wildman–Crippen MR) is 108 cm³/mol. The number of amides is 1. The average Bonchev–Trinajstić information content (AvgIpc) is 2.75. The second-order valence-electron chi connectivity index (χ2n) is 6.63. The Kier molecular flexibility index (Phi) is 8.26. The smallest absolute Gasteiger partial charge is 0.432 e. The van der Waals surface area contributed by atoms with Crippen molar-refractivity contribution in [3.05, 3.63) is 65.2 Å². The van der Waals surface area contributed by atoms with E-state index in [0.29, 0.717) is 5.56 Å². The maximum Gasteiger partial charge on any atom is 0.432 e. The fourth-order valence-electron chi connectivity index (χ4n) is 2.52. The van der Waals surface area contributed by atoms with Crippen molar-refractivity contribution in [3.8, 4) is 0 Å². The van der Waals surface area contributed by atoms with Gasteiger partial charge >= 0.3 is 33.6 Å². The maximum absolute atomic E-state index is 13.6. The van der Waals surface area contributed by atoms with Crippen LogP contribution in [0, 0.1) is 0 Å². The Morgan fingerprint density at radius 1 is 1.06 bits per heavy atom. The summed E-state index contributed by atoms with van der Waals surface area (Å²) in [4.78, 5) is 24.0. The highest BCUT2D eigenvalue weighted by Gasteiger charge is 2.66. The Labute approximate surface area is 191 Å². The number of benzene rings is 2. The molecule has 1 atom stereocenters. The van der Waals surface area contributed by atoms with Crippen LogP contribution in [0.5, 0.6) is 0 Å². The summed E-state index contributed by atoms with van der Waals surface area (Å²) in [5, 5.41) is -3.57. The molecule has 2 aromatic carbocycles. The molecule has 0 aliphatic rings. The number of esters is 1. The molecule has 1 unspecified atom stereocenters. The van der Waals surface area contributed by atoms with E-state index in [1.807, 2.05) is 0 Å². The van der Waals surface area contributed by atoms with Gasteiger partial charge in [-0.15, -0.1) is 0 Å². The summed E-state index contributed by atoms with van der Waals surface area (Å²) in [5.41, 5.74) is -0.0660. The van der Waals surface area contributed by atoms with Gasteiger partial charge in [-0.1, -0.05) is 36.7 Å². The van der Waals surface area contributed by atoms with Gasteiger partial charge in [0.05, 0.1) is 13.4 Å². The highest BCUT2D eigenvalue weighted by molar-refractivity contribution is 7.86. The molecule has 2 radical (unpaired) electrons. The van der Waals surface area contributed by atoms with Crippen molar-refractivity contribution >= 4 is 35.7 Å². The Hall–Kier alpha value is -3.20. The number of hydrogen-bond acceptors (Lipinski definition) is 6. The van der Waals surface area contributed by atoms with Gasteiger partial charge in [0.1, 0.15) is 6.61 Å². The number of ether oxygens (including phenoxy) is 2. The molecule has 34 heavy (non-hydrogen) atoms. The first kappa shape index (κ1) is 27.1. The molecule has 15 heteroatoms. The first-order valence-electron chi connectivity index (χ1n) is 9.10. The number of nitrogens with one attached hydrogen (secondary N) is 1. The molecular weight excluding hydrogens is 492 g/mol. The van der Waals surface area contributed by atoms with Crippen LogP contribution < -0.4 is 5.32 Å². The fourth-order valence-corrected chi connectivity index (χ4v) is 2.97. The van der Waals surface area contributed by atoms with Crippen LogP contribution in [-0.2, 0) is 32.5 Å². The summed E-state index contributed by atoms with van der Waals surface area (Å²) in [6.07, 6.45) is -11.8. The maximum atomic E-state index is 13.6. The van der Waals surface area contributed by atoms with Gasteiger partial charge in [0.25, 0.3) is 6.10 Å². The van der Waals surface area contributed by atoms with Crippen LogP contribution in [0.15, 0.2) is 48.5 Å². The second-order valence-corrected chi connectivity index (χ2v) is 8.12. The summed E-state index contributed by atoms with van der Waals surface area (Å²) in [5.74, 6) is -1.99. The van der Waals surface area contributed by atoms with Crippen LogP contribution in [0.4, 0.5) is 32.4 Å². The lowest BCUT2D eigenvalue weighted by Crippen LogP contribution is -2.52. The van der Waals surface area contributed by atoms with E-state index < -0.39 is 45.3 Å². The number of carbonyl (C=O) groups is 2. The third-order valence-electron chi connectivity index (χ3n) is 4.18. The molecule has 0 aromatic heterocycles. The highest BCUT2D eigenvalue weighted by atomic mass is 32.2. The molecule has 8 nitrogen and oxygen atoms in total. The molecule has 2 rings (SSSR count). The van der Waals surface area contributed by atoms with E-state index in [9.17, 15) is 40.0 Å². The third-order valence-corrected chi connectivity index (χ3v) is 5.08. The molecule has 1 amide bonds. The van der Waals surface area contributed by atoms with Crippen molar-refractivity contribution in [2.45, 2.75) is 30.5 Å². The number of rotatable bonds is 8. The lowest BCUT2D eigenvalue weighted by molar-refractivity contribution is -0.248. The van der Waals surface area contributed by atoms with Crippen LogP contribution in [0.2, 0.25) is 0 Å². The minimum atomic E-state index is -6.58. The molecule has 2 aromatic rings. The molecular formula is C19H15BF5NO7S. The summed E-state index contributed by atoms with van der Waals surface area (Å²) in [6.45, 7) is -0.0875. The van der Waals surface area contributed by atoms with Gasteiger partial charge in [-0.3, -0.25) is 9.87 Å². The molecule has 2 N–H and O–H groups in total. The van der Waals surface area contributed by atoms with E-state index in [1.54, 1.807) is 30.3 Å². The van der Waals surface area contributed by atoms with E-state index in [-0.39, 0.29) is 24.2 Å². The zero-order chi connectivity index (χ0) is 25.7. The van der Waals surface area contributed by atoms with Crippen molar-refractivity contribution in [2.24, 2.45) is 0 Å². The van der Waals surface area contributed by atoms with E-state index in [1.165, 1.54) is 0 Å².